The second-order valence-corrected chi connectivity index (χ2v) is 7.32. The van der Waals surface area contributed by atoms with Crippen molar-refractivity contribution < 1.29 is 29.4 Å². The molecule has 0 radical (unpaired) electrons. The lowest BCUT2D eigenvalue weighted by Gasteiger charge is -2.23. The Kier molecular flexibility index (Phi) is 9.81. The average molecular weight is 407 g/mol. The van der Waals surface area contributed by atoms with Crippen molar-refractivity contribution >= 4 is 23.8 Å². The standard InChI is InChI=1S/C20H29N3O6/c1-12(2)10-16(20(28)29)23-19(27)15(8-9-17(24)25)22-18(26)14(21)11-13-6-4-3-5-7-13/h3-7,12,14-16H,8-11,21H2,1-2H3,(H,22,26)(H,23,27)(H,24,25)(H,28,29)/t14-,15-,16-/m0/s1. The van der Waals surface area contributed by atoms with Crippen LogP contribution in [-0.4, -0.2) is 52.1 Å². The summed E-state index contributed by atoms with van der Waals surface area (Å²) < 4.78 is 0. The highest BCUT2D eigenvalue weighted by molar-refractivity contribution is 5.92. The summed E-state index contributed by atoms with van der Waals surface area (Å²) >= 11 is 0. The van der Waals surface area contributed by atoms with Crippen molar-refractivity contribution in [1.82, 2.24) is 10.6 Å². The molecular formula is C20H29N3O6. The van der Waals surface area contributed by atoms with Crippen LogP contribution in [0.15, 0.2) is 30.3 Å². The van der Waals surface area contributed by atoms with E-state index in [-0.39, 0.29) is 31.6 Å². The van der Waals surface area contributed by atoms with Crippen molar-refractivity contribution in [2.24, 2.45) is 11.7 Å². The molecule has 0 heterocycles. The lowest BCUT2D eigenvalue weighted by Crippen LogP contribution is -2.55. The highest BCUT2D eigenvalue weighted by Crippen LogP contribution is 2.08. The molecule has 9 nitrogen and oxygen atoms in total. The third kappa shape index (κ3) is 9.20. The quantitative estimate of drug-likeness (QED) is 0.338. The molecule has 0 aliphatic heterocycles. The summed E-state index contributed by atoms with van der Waals surface area (Å²) in [5.41, 5.74) is 6.75. The molecule has 29 heavy (non-hydrogen) atoms. The van der Waals surface area contributed by atoms with Gasteiger partial charge in [0.2, 0.25) is 11.8 Å². The number of carbonyl (C=O) groups excluding carboxylic acids is 2. The Bertz CT molecular complexity index is 707. The first-order chi connectivity index (χ1) is 13.6. The Morgan fingerprint density at radius 1 is 0.966 bits per heavy atom. The highest BCUT2D eigenvalue weighted by atomic mass is 16.4. The molecule has 0 aromatic heterocycles. The van der Waals surface area contributed by atoms with Crippen molar-refractivity contribution in [3.8, 4) is 0 Å². The number of rotatable bonds is 12. The highest BCUT2D eigenvalue weighted by Gasteiger charge is 2.28. The van der Waals surface area contributed by atoms with E-state index < -0.39 is 41.9 Å². The summed E-state index contributed by atoms with van der Waals surface area (Å²) in [6.07, 6.45) is -0.105. The summed E-state index contributed by atoms with van der Waals surface area (Å²) in [6.45, 7) is 3.63. The van der Waals surface area contributed by atoms with Gasteiger partial charge in [-0.1, -0.05) is 44.2 Å². The number of hydrogen-bond donors (Lipinski definition) is 5. The minimum Gasteiger partial charge on any atom is -0.481 e. The van der Waals surface area contributed by atoms with Crippen LogP contribution >= 0.6 is 0 Å². The van der Waals surface area contributed by atoms with Crippen molar-refractivity contribution in [2.75, 3.05) is 0 Å². The van der Waals surface area contributed by atoms with Gasteiger partial charge in [0, 0.05) is 6.42 Å². The smallest absolute Gasteiger partial charge is 0.326 e. The maximum absolute atomic E-state index is 12.5. The number of aliphatic carboxylic acids is 2. The molecule has 0 spiro atoms. The minimum absolute atomic E-state index is 0.0164. The molecule has 160 valence electrons. The van der Waals surface area contributed by atoms with Crippen LogP contribution in [0.3, 0.4) is 0 Å². The summed E-state index contributed by atoms with van der Waals surface area (Å²) in [5.74, 6) is -3.68. The van der Waals surface area contributed by atoms with Gasteiger partial charge in [0.25, 0.3) is 0 Å². The molecule has 1 aromatic carbocycles. The van der Waals surface area contributed by atoms with E-state index in [4.69, 9.17) is 10.8 Å². The molecule has 0 unspecified atom stereocenters. The molecule has 1 aromatic rings. The van der Waals surface area contributed by atoms with E-state index in [1.54, 1.807) is 0 Å². The van der Waals surface area contributed by atoms with Crippen molar-refractivity contribution in [3.63, 3.8) is 0 Å². The Hall–Kier alpha value is -2.94. The largest absolute Gasteiger partial charge is 0.481 e. The average Bonchev–Trinajstić information content (AvgIpc) is 2.64. The van der Waals surface area contributed by atoms with Gasteiger partial charge in [-0.25, -0.2) is 4.79 Å². The fourth-order valence-corrected chi connectivity index (χ4v) is 2.74. The molecule has 0 fully saturated rings. The fraction of sp³-hybridized carbons (Fsp3) is 0.500. The van der Waals surface area contributed by atoms with Crippen LogP contribution < -0.4 is 16.4 Å². The number of nitrogens with two attached hydrogens (primary N) is 1. The maximum atomic E-state index is 12.5. The zero-order valence-electron chi connectivity index (χ0n) is 16.6. The van der Waals surface area contributed by atoms with Gasteiger partial charge >= 0.3 is 11.9 Å². The van der Waals surface area contributed by atoms with Crippen LogP contribution in [0.25, 0.3) is 0 Å². The predicted molar refractivity (Wildman–Crippen MR) is 106 cm³/mol. The maximum Gasteiger partial charge on any atom is 0.326 e. The summed E-state index contributed by atoms with van der Waals surface area (Å²) in [6, 6.07) is 5.80. The SMILES string of the molecule is CC(C)C[C@H](NC(=O)[C@H](CCC(=O)O)NC(=O)[C@@H](N)Cc1ccccc1)C(=O)O. The van der Waals surface area contributed by atoms with Gasteiger partial charge in [0.15, 0.2) is 0 Å². The normalized spacial score (nSPS) is 13.9. The third-order valence-corrected chi connectivity index (χ3v) is 4.24. The first kappa shape index (κ1) is 24.1. The molecule has 3 atom stereocenters. The first-order valence-electron chi connectivity index (χ1n) is 9.45. The molecule has 0 saturated carbocycles. The number of hydrogen-bond acceptors (Lipinski definition) is 5. The molecular weight excluding hydrogens is 378 g/mol. The number of carbonyl (C=O) groups is 4. The molecule has 2 amide bonds. The zero-order chi connectivity index (χ0) is 22.0. The van der Waals surface area contributed by atoms with Gasteiger partial charge in [-0.2, -0.15) is 0 Å². The third-order valence-electron chi connectivity index (χ3n) is 4.24. The van der Waals surface area contributed by atoms with Crippen molar-refractivity contribution in [3.05, 3.63) is 35.9 Å². The van der Waals surface area contributed by atoms with Gasteiger partial charge in [-0.15, -0.1) is 0 Å². The lowest BCUT2D eigenvalue weighted by atomic mass is 10.0. The Labute approximate surface area is 169 Å². The number of amides is 2. The minimum atomic E-state index is -1.20. The van der Waals surface area contributed by atoms with Gasteiger partial charge in [-0.05, 0) is 30.7 Å². The van der Waals surface area contributed by atoms with E-state index in [2.05, 4.69) is 10.6 Å². The van der Waals surface area contributed by atoms with Gasteiger partial charge < -0.3 is 26.6 Å². The van der Waals surface area contributed by atoms with E-state index in [9.17, 15) is 24.3 Å². The fourth-order valence-electron chi connectivity index (χ4n) is 2.74. The first-order valence-corrected chi connectivity index (χ1v) is 9.45. The summed E-state index contributed by atoms with van der Waals surface area (Å²) in [7, 11) is 0. The molecule has 6 N–H and O–H groups in total. The van der Waals surface area contributed by atoms with E-state index in [1.165, 1.54) is 0 Å². The zero-order valence-corrected chi connectivity index (χ0v) is 16.6. The summed E-state index contributed by atoms with van der Waals surface area (Å²) in [5, 5.41) is 23.0. The Balaban J connectivity index is 2.81. The molecule has 0 aliphatic carbocycles. The molecule has 1 rings (SSSR count). The molecule has 0 aliphatic rings. The number of nitrogens with one attached hydrogen (secondary N) is 2. The second kappa shape index (κ2) is 11.8. The van der Waals surface area contributed by atoms with Gasteiger partial charge in [0.05, 0.1) is 6.04 Å². The Morgan fingerprint density at radius 3 is 2.07 bits per heavy atom. The van der Waals surface area contributed by atoms with Gasteiger partial charge in [-0.3, -0.25) is 14.4 Å². The van der Waals surface area contributed by atoms with E-state index in [0.717, 1.165) is 5.56 Å². The van der Waals surface area contributed by atoms with Crippen LogP contribution in [0, 0.1) is 5.92 Å². The van der Waals surface area contributed by atoms with Crippen LogP contribution in [0.5, 0.6) is 0 Å². The molecule has 0 saturated heterocycles. The lowest BCUT2D eigenvalue weighted by molar-refractivity contribution is -0.143. The monoisotopic (exact) mass is 407 g/mol. The summed E-state index contributed by atoms with van der Waals surface area (Å²) in [4.78, 5) is 47.2. The second-order valence-electron chi connectivity index (χ2n) is 7.32. The Morgan fingerprint density at radius 2 is 1.55 bits per heavy atom. The molecule has 9 heteroatoms. The topological polar surface area (TPSA) is 159 Å². The number of carboxylic acid groups (broad SMARTS) is 2. The van der Waals surface area contributed by atoms with Crippen LogP contribution in [0.4, 0.5) is 0 Å². The van der Waals surface area contributed by atoms with E-state index >= 15 is 0 Å². The van der Waals surface area contributed by atoms with Crippen LogP contribution in [-0.2, 0) is 25.6 Å². The number of carboxylic acids is 2. The van der Waals surface area contributed by atoms with Crippen LogP contribution in [0.1, 0.15) is 38.7 Å². The molecule has 0 bridgehead atoms. The van der Waals surface area contributed by atoms with Crippen LogP contribution in [0.2, 0.25) is 0 Å². The van der Waals surface area contributed by atoms with Crippen molar-refractivity contribution in [2.45, 2.75) is 57.7 Å². The number of benzene rings is 1. The van der Waals surface area contributed by atoms with E-state index in [1.807, 2.05) is 44.2 Å². The van der Waals surface area contributed by atoms with Crippen molar-refractivity contribution in [1.29, 1.82) is 0 Å². The van der Waals surface area contributed by atoms with Gasteiger partial charge in [0.1, 0.15) is 12.1 Å². The predicted octanol–water partition coefficient (Wildman–Crippen LogP) is 0.522. The van der Waals surface area contributed by atoms with E-state index in [0.29, 0.717) is 0 Å².